The van der Waals surface area contributed by atoms with Gasteiger partial charge in [0, 0.05) is 40.7 Å². The van der Waals surface area contributed by atoms with Crippen molar-refractivity contribution >= 4 is 40.8 Å². The van der Waals surface area contributed by atoms with Gasteiger partial charge in [0.05, 0.1) is 0 Å². The van der Waals surface area contributed by atoms with Gasteiger partial charge in [-0.3, -0.25) is 19.3 Å². The molecule has 0 unspecified atom stereocenters. The van der Waals surface area contributed by atoms with Crippen molar-refractivity contribution < 1.29 is 18.9 Å². The molecule has 0 bridgehead atoms. The number of halogens is 1. The van der Waals surface area contributed by atoms with Gasteiger partial charge in [-0.05, 0) is 63.3 Å². The minimum atomic E-state index is -1.05. The van der Waals surface area contributed by atoms with Crippen molar-refractivity contribution in [3.63, 3.8) is 0 Å². The van der Waals surface area contributed by atoms with Gasteiger partial charge in [0.1, 0.15) is 11.8 Å². The number of aryl methyl sites for hydroxylation is 1. The molecule has 0 aliphatic carbocycles. The molecule has 2 N–H and O–H groups in total. The number of nitrogens with zero attached hydrogens (tertiary/aromatic N) is 2. The van der Waals surface area contributed by atoms with Crippen LogP contribution in [-0.2, 0) is 14.4 Å². The maximum Gasteiger partial charge on any atom is 0.248 e. The summed E-state index contributed by atoms with van der Waals surface area (Å²) in [6, 6.07) is 15.2. The average Bonchev–Trinajstić information content (AvgIpc) is 3.34. The molecule has 3 aromatic rings. The lowest BCUT2D eigenvalue weighted by Crippen LogP contribution is -2.50. The van der Waals surface area contributed by atoms with Crippen LogP contribution >= 0.6 is 11.6 Å². The summed E-state index contributed by atoms with van der Waals surface area (Å²) in [7, 11) is 0. The topological polar surface area (TPSA) is 105 Å². The van der Waals surface area contributed by atoms with Crippen molar-refractivity contribution in [2.45, 2.75) is 84.7 Å². The third-order valence-electron chi connectivity index (χ3n) is 7.13. The minimum absolute atomic E-state index is 0.108. The fourth-order valence-electron chi connectivity index (χ4n) is 4.19. The van der Waals surface area contributed by atoms with Crippen LogP contribution in [0.1, 0.15) is 89.1 Å². The summed E-state index contributed by atoms with van der Waals surface area (Å²) >= 11 is 6.61. The molecule has 0 saturated heterocycles. The van der Waals surface area contributed by atoms with E-state index in [2.05, 4.69) is 29.6 Å². The van der Waals surface area contributed by atoms with Crippen molar-refractivity contribution in [3.8, 4) is 0 Å². The molecule has 1 aromatic heterocycles. The first-order valence-corrected chi connectivity index (χ1v) is 14.0. The molecule has 0 fully saturated rings. The smallest absolute Gasteiger partial charge is 0.248 e. The second-order valence-corrected chi connectivity index (χ2v) is 11.1. The molecule has 0 radical (unpaired) electrons. The highest BCUT2D eigenvalue weighted by Gasteiger charge is 2.36. The summed E-state index contributed by atoms with van der Waals surface area (Å²) < 4.78 is 4.99. The number of hydrogen-bond donors (Lipinski definition) is 2. The number of anilines is 2. The highest BCUT2D eigenvalue weighted by atomic mass is 35.5. The van der Waals surface area contributed by atoms with E-state index in [9.17, 15) is 14.4 Å². The second kappa shape index (κ2) is 13.6. The first kappa shape index (κ1) is 30.9. The normalized spacial score (nSPS) is 12.9. The first-order chi connectivity index (χ1) is 19.0. The molecule has 1 heterocycles. The van der Waals surface area contributed by atoms with Crippen LogP contribution in [0.2, 0.25) is 5.02 Å². The second-order valence-electron chi connectivity index (χ2n) is 10.7. The number of nitrogens with one attached hydrogen (secondary N) is 2. The van der Waals surface area contributed by atoms with Crippen LogP contribution in [0.25, 0.3) is 0 Å². The zero-order valence-electron chi connectivity index (χ0n) is 24.1. The summed E-state index contributed by atoms with van der Waals surface area (Å²) in [5, 5.41) is 9.86. The Hall–Kier alpha value is -3.65. The zero-order chi connectivity index (χ0) is 29.4. The molecule has 2 aromatic carbocycles. The highest BCUT2D eigenvalue weighted by Crippen LogP contribution is 2.34. The predicted molar refractivity (Wildman–Crippen MR) is 158 cm³/mol. The van der Waals surface area contributed by atoms with Crippen molar-refractivity contribution in [3.05, 3.63) is 76.5 Å². The number of benzene rings is 2. The van der Waals surface area contributed by atoms with E-state index in [1.54, 1.807) is 37.3 Å². The molecular formula is C31H39ClN4O4. The Morgan fingerprint density at radius 3 is 2.30 bits per heavy atom. The number of aromatic nitrogens is 1. The maximum atomic E-state index is 13.9. The lowest BCUT2D eigenvalue weighted by atomic mass is 9.96. The van der Waals surface area contributed by atoms with E-state index in [1.807, 2.05) is 45.0 Å². The summed E-state index contributed by atoms with van der Waals surface area (Å²) in [6.07, 6.45) is 1.41. The Morgan fingerprint density at radius 2 is 1.73 bits per heavy atom. The van der Waals surface area contributed by atoms with Gasteiger partial charge in [0.2, 0.25) is 17.7 Å². The molecule has 0 aliphatic heterocycles. The number of amides is 3. The van der Waals surface area contributed by atoms with Crippen LogP contribution in [-0.4, -0.2) is 28.4 Å². The SMILES string of the molecule is CC[C@@H](C)c1ccc(N(C(=O)CCC(=O)Nc2cc(C)on2)[C@H](C(=O)NC(C)(C)CC)c2ccccc2Cl)cc1. The van der Waals surface area contributed by atoms with Gasteiger partial charge in [0.25, 0.3) is 0 Å². The number of carbonyl (C=O) groups excluding carboxylic acids is 3. The van der Waals surface area contributed by atoms with E-state index in [1.165, 1.54) is 4.90 Å². The number of hydrogen-bond acceptors (Lipinski definition) is 5. The first-order valence-electron chi connectivity index (χ1n) is 13.7. The molecular weight excluding hydrogens is 528 g/mol. The van der Waals surface area contributed by atoms with Crippen LogP contribution < -0.4 is 15.5 Å². The lowest BCUT2D eigenvalue weighted by Gasteiger charge is -2.35. The Kier molecular flexibility index (Phi) is 10.5. The fourth-order valence-corrected chi connectivity index (χ4v) is 4.43. The zero-order valence-corrected chi connectivity index (χ0v) is 24.8. The molecule has 0 aliphatic rings. The van der Waals surface area contributed by atoms with Gasteiger partial charge in [-0.2, -0.15) is 0 Å². The van der Waals surface area contributed by atoms with Crippen LogP contribution in [0.15, 0.2) is 59.1 Å². The molecule has 0 spiro atoms. The third kappa shape index (κ3) is 7.94. The van der Waals surface area contributed by atoms with Gasteiger partial charge in [-0.15, -0.1) is 0 Å². The Bertz CT molecular complexity index is 1320. The molecule has 0 saturated carbocycles. The summed E-state index contributed by atoms with van der Waals surface area (Å²) in [5.74, 6) is 0.0400. The Labute approximate surface area is 241 Å². The van der Waals surface area contributed by atoms with E-state index >= 15 is 0 Å². The molecule has 8 nitrogen and oxygen atoms in total. The van der Waals surface area contributed by atoms with Gasteiger partial charge < -0.3 is 15.2 Å². The molecule has 3 rings (SSSR count). The minimum Gasteiger partial charge on any atom is -0.360 e. The van der Waals surface area contributed by atoms with Gasteiger partial charge in [0.15, 0.2) is 5.82 Å². The van der Waals surface area contributed by atoms with E-state index in [-0.39, 0.29) is 30.5 Å². The molecule has 2 atom stereocenters. The van der Waals surface area contributed by atoms with Crippen LogP contribution in [0, 0.1) is 6.92 Å². The molecule has 214 valence electrons. The molecule has 9 heteroatoms. The van der Waals surface area contributed by atoms with Crippen LogP contribution in [0.3, 0.4) is 0 Å². The van der Waals surface area contributed by atoms with Crippen molar-refractivity contribution in [1.82, 2.24) is 10.5 Å². The van der Waals surface area contributed by atoms with E-state index in [0.717, 1.165) is 12.0 Å². The van der Waals surface area contributed by atoms with Crippen molar-refractivity contribution in [2.75, 3.05) is 10.2 Å². The Balaban J connectivity index is 2.01. The third-order valence-corrected chi connectivity index (χ3v) is 7.48. The fraction of sp³-hybridized carbons (Fsp3) is 0.419. The average molecular weight is 567 g/mol. The van der Waals surface area contributed by atoms with Crippen molar-refractivity contribution in [1.29, 1.82) is 0 Å². The van der Waals surface area contributed by atoms with E-state index in [4.69, 9.17) is 16.1 Å². The largest absolute Gasteiger partial charge is 0.360 e. The monoisotopic (exact) mass is 566 g/mol. The summed E-state index contributed by atoms with van der Waals surface area (Å²) in [6.45, 7) is 11.8. The molecule has 3 amide bonds. The van der Waals surface area contributed by atoms with Crippen molar-refractivity contribution in [2.24, 2.45) is 0 Å². The highest BCUT2D eigenvalue weighted by molar-refractivity contribution is 6.31. The van der Waals surface area contributed by atoms with Gasteiger partial charge in [-0.1, -0.05) is 67.9 Å². The molecule has 40 heavy (non-hydrogen) atoms. The number of rotatable bonds is 12. The van der Waals surface area contributed by atoms with Crippen LogP contribution in [0.4, 0.5) is 11.5 Å². The summed E-state index contributed by atoms with van der Waals surface area (Å²) in [5.41, 5.74) is 1.66. The van der Waals surface area contributed by atoms with Gasteiger partial charge in [-0.25, -0.2) is 0 Å². The summed E-state index contributed by atoms with van der Waals surface area (Å²) in [4.78, 5) is 41.9. The van der Waals surface area contributed by atoms with Crippen LogP contribution in [0.5, 0.6) is 0 Å². The lowest BCUT2D eigenvalue weighted by molar-refractivity contribution is -0.128. The quantitative estimate of drug-likeness (QED) is 0.247. The van der Waals surface area contributed by atoms with E-state index in [0.29, 0.717) is 34.4 Å². The maximum absolute atomic E-state index is 13.9. The number of carbonyl (C=O) groups is 3. The standard InChI is InChI=1S/C31H39ClN4O4/c1-7-20(3)22-13-15-23(16-14-22)36(28(38)18-17-27(37)33-26-19-21(4)40-35-26)29(24-11-9-10-12-25(24)32)30(39)34-31(5,6)8-2/h9-16,19-20,29H,7-8,17-18H2,1-6H3,(H,34,39)(H,33,35,37)/t20-,29+/m1/s1. The predicted octanol–water partition coefficient (Wildman–Crippen LogP) is 6.95. The Morgan fingerprint density at radius 1 is 1.05 bits per heavy atom. The van der Waals surface area contributed by atoms with Gasteiger partial charge >= 0.3 is 0 Å². The van der Waals surface area contributed by atoms with E-state index < -0.39 is 17.5 Å².